The van der Waals surface area contributed by atoms with Crippen LogP contribution < -0.4 is 11.1 Å². The molecule has 0 aliphatic heterocycles. The molecule has 2 fully saturated rings. The van der Waals surface area contributed by atoms with Crippen LogP contribution >= 0.6 is 0 Å². The molecule has 0 spiro atoms. The molecule has 1 aromatic rings. The van der Waals surface area contributed by atoms with E-state index in [0.29, 0.717) is 6.04 Å². The third-order valence-electron chi connectivity index (χ3n) is 4.71. The zero-order valence-corrected chi connectivity index (χ0v) is 12.1. The minimum Gasteiger partial charge on any atom is -0.353 e. The molecule has 1 amide bonds. The summed E-state index contributed by atoms with van der Waals surface area (Å²) in [7, 11) is 0. The summed E-state index contributed by atoms with van der Waals surface area (Å²) in [4.78, 5) is 12.4. The van der Waals surface area contributed by atoms with E-state index in [1.54, 1.807) is 0 Å². The molecule has 2 saturated carbocycles. The van der Waals surface area contributed by atoms with Crippen molar-refractivity contribution in [2.24, 2.45) is 23.5 Å². The van der Waals surface area contributed by atoms with Gasteiger partial charge in [-0.15, -0.1) is 0 Å². The average Bonchev–Trinajstić information content (AvgIpc) is 3.36. The monoisotopic (exact) mass is 272 g/mol. The molecule has 3 nitrogen and oxygen atoms in total. The Morgan fingerprint density at radius 1 is 1.15 bits per heavy atom. The van der Waals surface area contributed by atoms with Gasteiger partial charge >= 0.3 is 0 Å². The van der Waals surface area contributed by atoms with E-state index in [4.69, 9.17) is 5.73 Å². The molecule has 2 aliphatic carbocycles. The molecule has 0 aromatic heterocycles. The van der Waals surface area contributed by atoms with Crippen molar-refractivity contribution in [2.75, 3.05) is 0 Å². The van der Waals surface area contributed by atoms with Crippen LogP contribution in [0, 0.1) is 17.8 Å². The third-order valence-corrected chi connectivity index (χ3v) is 4.71. The summed E-state index contributed by atoms with van der Waals surface area (Å²) in [6, 6.07) is 10.1. The number of hydrogen-bond donors (Lipinski definition) is 2. The molecule has 2 unspecified atom stereocenters. The van der Waals surface area contributed by atoms with Crippen molar-refractivity contribution in [3.63, 3.8) is 0 Å². The van der Waals surface area contributed by atoms with Gasteiger partial charge in [-0.05, 0) is 43.1 Å². The lowest BCUT2D eigenvalue weighted by Crippen LogP contribution is -2.43. The minimum absolute atomic E-state index is 0.116. The van der Waals surface area contributed by atoms with Gasteiger partial charge in [0.1, 0.15) is 0 Å². The van der Waals surface area contributed by atoms with E-state index < -0.39 is 0 Å². The van der Waals surface area contributed by atoms with Crippen molar-refractivity contribution >= 4 is 5.91 Å². The first kappa shape index (κ1) is 13.6. The number of rotatable bonds is 6. The van der Waals surface area contributed by atoms with Gasteiger partial charge in [0.25, 0.3) is 0 Å². The van der Waals surface area contributed by atoms with Gasteiger partial charge in [-0.3, -0.25) is 4.79 Å². The first-order valence-electron chi connectivity index (χ1n) is 7.77. The Balaban J connectivity index is 1.61. The molecular formula is C17H24N2O. The van der Waals surface area contributed by atoms with Crippen LogP contribution in [0.3, 0.4) is 0 Å². The van der Waals surface area contributed by atoms with E-state index in [1.807, 2.05) is 37.3 Å². The van der Waals surface area contributed by atoms with Crippen molar-refractivity contribution in [3.05, 3.63) is 35.9 Å². The van der Waals surface area contributed by atoms with E-state index in [9.17, 15) is 4.79 Å². The van der Waals surface area contributed by atoms with Crippen molar-refractivity contribution in [1.82, 2.24) is 5.32 Å². The van der Waals surface area contributed by atoms with Gasteiger partial charge in [0, 0.05) is 12.1 Å². The van der Waals surface area contributed by atoms with Crippen LogP contribution in [0.4, 0.5) is 0 Å². The maximum atomic E-state index is 12.4. The highest BCUT2D eigenvalue weighted by atomic mass is 16.2. The topological polar surface area (TPSA) is 55.1 Å². The quantitative estimate of drug-likeness (QED) is 0.836. The summed E-state index contributed by atoms with van der Waals surface area (Å²) in [6.45, 7) is 1.93. The molecule has 2 aliphatic rings. The second-order valence-corrected chi connectivity index (χ2v) is 6.43. The molecule has 3 heteroatoms. The molecule has 0 heterocycles. The van der Waals surface area contributed by atoms with Crippen LogP contribution in [-0.4, -0.2) is 11.9 Å². The maximum Gasteiger partial charge on any atom is 0.224 e. The summed E-state index contributed by atoms with van der Waals surface area (Å²) in [5.41, 5.74) is 7.27. The number of nitrogens with two attached hydrogens (primary N) is 1. The molecule has 3 N–H and O–H groups in total. The molecule has 108 valence electrons. The fourth-order valence-electron chi connectivity index (χ4n) is 2.95. The smallest absolute Gasteiger partial charge is 0.224 e. The predicted octanol–water partition coefficient (Wildman–Crippen LogP) is 2.63. The Morgan fingerprint density at radius 3 is 2.20 bits per heavy atom. The Labute approximate surface area is 120 Å². The third kappa shape index (κ3) is 3.04. The number of carbonyl (C=O) groups is 1. The van der Waals surface area contributed by atoms with Gasteiger partial charge in [0.05, 0.1) is 5.92 Å². The van der Waals surface area contributed by atoms with Crippen LogP contribution in [0.2, 0.25) is 0 Å². The largest absolute Gasteiger partial charge is 0.353 e. The van der Waals surface area contributed by atoms with Gasteiger partial charge < -0.3 is 11.1 Å². The Kier molecular flexibility index (Phi) is 3.79. The number of nitrogens with one attached hydrogen (secondary N) is 1. The normalized spacial score (nSPS) is 21.6. The van der Waals surface area contributed by atoms with Crippen LogP contribution in [0.15, 0.2) is 30.3 Å². The van der Waals surface area contributed by atoms with Crippen molar-refractivity contribution in [1.29, 1.82) is 0 Å². The van der Waals surface area contributed by atoms with Crippen LogP contribution in [0.5, 0.6) is 0 Å². The average molecular weight is 272 g/mol. The molecule has 20 heavy (non-hydrogen) atoms. The summed E-state index contributed by atoms with van der Waals surface area (Å²) in [5.74, 6) is 1.39. The SMILES string of the molecule is CC(C(=O)NC(C1CC1)C1CC1)C(N)c1ccccc1. The fourth-order valence-corrected chi connectivity index (χ4v) is 2.95. The Morgan fingerprint density at radius 2 is 1.70 bits per heavy atom. The van der Waals surface area contributed by atoms with E-state index >= 15 is 0 Å². The lowest BCUT2D eigenvalue weighted by molar-refractivity contribution is -0.126. The van der Waals surface area contributed by atoms with Gasteiger partial charge in [-0.25, -0.2) is 0 Å². The lowest BCUT2D eigenvalue weighted by Gasteiger charge is -2.24. The first-order chi connectivity index (χ1) is 9.66. The van der Waals surface area contributed by atoms with E-state index in [-0.39, 0.29) is 17.9 Å². The van der Waals surface area contributed by atoms with E-state index in [2.05, 4.69) is 5.32 Å². The summed E-state index contributed by atoms with van der Waals surface area (Å²) < 4.78 is 0. The Hall–Kier alpha value is -1.35. The first-order valence-corrected chi connectivity index (χ1v) is 7.77. The molecule has 0 saturated heterocycles. The summed E-state index contributed by atoms with van der Waals surface area (Å²) in [6.07, 6.45) is 5.11. The van der Waals surface area contributed by atoms with Crippen molar-refractivity contribution in [2.45, 2.75) is 44.7 Å². The minimum atomic E-state index is -0.227. The molecule has 0 radical (unpaired) electrons. The van der Waals surface area contributed by atoms with E-state index in [1.165, 1.54) is 25.7 Å². The number of hydrogen-bond acceptors (Lipinski definition) is 2. The fraction of sp³-hybridized carbons (Fsp3) is 0.588. The summed E-state index contributed by atoms with van der Waals surface area (Å²) >= 11 is 0. The van der Waals surface area contributed by atoms with Crippen LogP contribution in [0.25, 0.3) is 0 Å². The zero-order chi connectivity index (χ0) is 14.1. The standard InChI is InChI=1S/C17H24N2O/c1-11(15(18)12-5-3-2-4-6-12)17(20)19-16(13-7-8-13)14-9-10-14/h2-6,11,13-16H,7-10,18H2,1H3,(H,19,20). The molecule has 2 atom stereocenters. The predicted molar refractivity (Wildman–Crippen MR) is 79.9 cm³/mol. The number of carbonyl (C=O) groups excluding carboxylic acids is 1. The van der Waals surface area contributed by atoms with Crippen molar-refractivity contribution in [3.8, 4) is 0 Å². The number of benzene rings is 1. The Bertz CT molecular complexity index is 453. The number of amides is 1. The van der Waals surface area contributed by atoms with Crippen LogP contribution in [0.1, 0.15) is 44.2 Å². The van der Waals surface area contributed by atoms with Gasteiger partial charge in [-0.1, -0.05) is 37.3 Å². The molecule has 0 bridgehead atoms. The van der Waals surface area contributed by atoms with Crippen molar-refractivity contribution < 1.29 is 4.79 Å². The second kappa shape index (κ2) is 5.57. The highest BCUT2D eigenvalue weighted by Crippen LogP contribution is 2.44. The van der Waals surface area contributed by atoms with Gasteiger partial charge in [-0.2, -0.15) is 0 Å². The zero-order valence-electron chi connectivity index (χ0n) is 12.1. The highest BCUT2D eigenvalue weighted by Gasteiger charge is 2.42. The van der Waals surface area contributed by atoms with E-state index in [0.717, 1.165) is 17.4 Å². The highest BCUT2D eigenvalue weighted by molar-refractivity contribution is 5.79. The molecule has 1 aromatic carbocycles. The van der Waals surface area contributed by atoms with Crippen LogP contribution in [-0.2, 0) is 4.79 Å². The lowest BCUT2D eigenvalue weighted by atomic mass is 9.94. The maximum absolute atomic E-state index is 12.4. The second-order valence-electron chi connectivity index (χ2n) is 6.43. The van der Waals surface area contributed by atoms with Gasteiger partial charge in [0.15, 0.2) is 0 Å². The summed E-state index contributed by atoms with van der Waals surface area (Å²) in [5, 5.41) is 3.27. The molecular weight excluding hydrogens is 248 g/mol. The van der Waals surface area contributed by atoms with Gasteiger partial charge in [0.2, 0.25) is 5.91 Å². The molecule has 3 rings (SSSR count).